The zero-order chi connectivity index (χ0) is 18.8. The SMILES string of the molecule is Cc1nc2ccccc2c(N2CCCC2)c1COc1ccc(C#N)c(F)c1. The predicted octanol–water partition coefficient (Wildman–Crippen LogP) is 4.73. The van der Waals surface area contributed by atoms with Crippen molar-refractivity contribution in [3.05, 3.63) is 65.1 Å². The number of pyridine rings is 1. The average Bonchev–Trinajstić information content (AvgIpc) is 3.20. The van der Waals surface area contributed by atoms with Crippen LogP contribution in [0.3, 0.4) is 0 Å². The standard InChI is InChI=1S/C22H20FN3O/c1-15-19(14-27-17-9-8-16(13-24)20(23)12-17)22(26-10-4-5-11-26)18-6-2-3-7-21(18)25-15/h2-3,6-9,12H,4-5,10-11,14H2,1H3. The zero-order valence-corrected chi connectivity index (χ0v) is 15.2. The first kappa shape index (κ1) is 17.3. The van der Waals surface area contributed by atoms with Crippen LogP contribution >= 0.6 is 0 Å². The van der Waals surface area contributed by atoms with Crippen molar-refractivity contribution >= 4 is 16.6 Å². The lowest BCUT2D eigenvalue weighted by Crippen LogP contribution is -2.21. The molecule has 1 saturated heterocycles. The zero-order valence-electron chi connectivity index (χ0n) is 15.2. The van der Waals surface area contributed by atoms with Crippen LogP contribution in [0.15, 0.2) is 42.5 Å². The molecule has 0 radical (unpaired) electrons. The van der Waals surface area contributed by atoms with Gasteiger partial charge in [-0.25, -0.2) is 4.39 Å². The summed E-state index contributed by atoms with van der Waals surface area (Å²) in [7, 11) is 0. The normalized spacial score (nSPS) is 13.7. The lowest BCUT2D eigenvalue weighted by Gasteiger charge is -2.25. The summed E-state index contributed by atoms with van der Waals surface area (Å²) in [5.74, 6) is -0.158. The smallest absolute Gasteiger partial charge is 0.144 e. The predicted molar refractivity (Wildman–Crippen MR) is 103 cm³/mol. The second-order valence-corrected chi connectivity index (χ2v) is 6.78. The van der Waals surface area contributed by atoms with Crippen LogP contribution in [-0.4, -0.2) is 18.1 Å². The van der Waals surface area contributed by atoms with Crippen LogP contribution in [0.4, 0.5) is 10.1 Å². The quantitative estimate of drug-likeness (QED) is 0.674. The molecule has 0 bridgehead atoms. The molecule has 136 valence electrons. The highest BCUT2D eigenvalue weighted by Gasteiger charge is 2.21. The molecule has 0 aliphatic carbocycles. The Hall–Kier alpha value is -3.13. The Morgan fingerprint density at radius 1 is 1.19 bits per heavy atom. The van der Waals surface area contributed by atoms with Gasteiger partial charge in [-0.1, -0.05) is 18.2 Å². The van der Waals surface area contributed by atoms with E-state index in [0.29, 0.717) is 12.4 Å². The fourth-order valence-corrected chi connectivity index (χ4v) is 3.66. The first-order valence-electron chi connectivity index (χ1n) is 9.13. The molecule has 1 aliphatic rings. The number of para-hydroxylation sites is 1. The van der Waals surface area contributed by atoms with E-state index >= 15 is 0 Å². The minimum atomic E-state index is -0.567. The molecule has 0 amide bonds. The molecule has 5 heteroatoms. The summed E-state index contributed by atoms with van der Waals surface area (Å²) in [6.07, 6.45) is 2.35. The molecule has 0 N–H and O–H groups in total. The van der Waals surface area contributed by atoms with E-state index in [0.717, 1.165) is 35.2 Å². The van der Waals surface area contributed by atoms with Gasteiger partial charge >= 0.3 is 0 Å². The van der Waals surface area contributed by atoms with Crippen molar-refractivity contribution in [3.63, 3.8) is 0 Å². The van der Waals surface area contributed by atoms with Gasteiger partial charge in [0, 0.05) is 35.8 Å². The highest BCUT2D eigenvalue weighted by molar-refractivity contribution is 5.94. The van der Waals surface area contributed by atoms with Crippen molar-refractivity contribution in [1.29, 1.82) is 5.26 Å². The van der Waals surface area contributed by atoms with Crippen LogP contribution in [-0.2, 0) is 6.61 Å². The fourth-order valence-electron chi connectivity index (χ4n) is 3.66. The van der Waals surface area contributed by atoms with E-state index in [-0.39, 0.29) is 5.56 Å². The Bertz CT molecular complexity index is 1040. The van der Waals surface area contributed by atoms with E-state index in [4.69, 9.17) is 15.0 Å². The molecule has 2 aromatic carbocycles. The van der Waals surface area contributed by atoms with Crippen molar-refractivity contribution in [2.45, 2.75) is 26.4 Å². The van der Waals surface area contributed by atoms with Crippen LogP contribution in [0.5, 0.6) is 5.75 Å². The summed E-state index contributed by atoms with van der Waals surface area (Å²) < 4.78 is 19.8. The highest BCUT2D eigenvalue weighted by atomic mass is 19.1. The number of hydrogen-bond donors (Lipinski definition) is 0. The Balaban J connectivity index is 1.72. The van der Waals surface area contributed by atoms with E-state index in [1.54, 1.807) is 6.07 Å². The number of halogens is 1. The molecule has 27 heavy (non-hydrogen) atoms. The Morgan fingerprint density at radius 2 is 1.96 bits per heavy atom. The second-order valence-electron chi connectivity index (χ2n) is 6.78. The van der Waals surface area contributed by atoms with E-state index in [1.165, 1.54) is 30.7 Å². The largest absolute Gasteiger partial charge is 0.489 e. The van der Waals surface area contributed by atoms with Crippen molar-refractivity contribution in [2.24, 2.45) is 0 Å². The van der Waals surface area contributed by atoms with Crippen molar-refractivity contribution in [3.8, 4) is 11.8 Å². The van der Waals surface area contributed by atoms with Crippen LogP contribution in [0.25, 0.3) is 10.9 Å². The number of nitriles is 1. The number of nitrogens with zero attached hydrogens (tertiary/aromatic N) is 3. The Labute approximate surface area is 157 Å². The molecular formula is C22H20FN3O. The van der Waals surface area contributed by atoms with Gasteiger partial charge in [0.25, 0.3) is 0 Å². The van der Waals surface area contributed by atoms with Crippen molar-refractivity contribution in [1.82, 2.24) is 4.98 Å². The van der Waals surface area contributed by atoms with Gasteiger partial charge in [0.1, 0.15) is 24.2 Å². The van der Waals surface area contributed by atoms with Crippen molar-refractivity contribution in [2.75, 3.05) is 18.0 Å². The first-order chi connectivity index (χ1) is 13.2. The van der Waals surface area contributed by atoms with Crippen LogP contribution in [0, 0.1) is 24.1 Å². The van der Waals surface area contributed by atoms with E-state index in [1.807, 2.05) is 31.2 Å². The average molecular weight is 361 g/mol. The summed E-state index contributed by atoms with van der Waals surface area (Å²) in [4.78, 5) is 7.14. The molecule has 1 aromatic heterocycles. The molecule has 1 aliphatic heterocycles. The number of hydrogen-bond acceptors (Lipinski definition) is 4. The van der Waals surface area contributed by atoms with Gasteiger partial charge in [-0.2, -0.15) is 5.26 Å². The van der Waals surface area contributed by atoms with Crippen LogP contribution in [0.2, 0.25) is 0 Å². The third-order valence-corrected chi connectivity index (χ3v) is 5.04. The number of rotatable bonds is 4. The third-order valence-electron chi connectivity index (χ3n) is 5.04. The third kappa shape index (κ3) is 3.31. The maximum atomic E-state index is 13.9. The lowest BCUT2D eigenvalue weighted by atomic mass is 10.1. The summed E-state index contributed by atoms with van der Waals surface area (Å²) in [5.41, 5.74) is 4.11. The second kappa shape index (κ2) is 7.24. The topological polar surface area (TPSA) is 49.2 Å². The van der Waals surface area contributed by atoms with Crippen LogP contribution < -0.4 is 9.64 Å². The number of aryl methyl sites for hydroxylation is 1. The monoisotopic (exact) mass is 361 g/mol. The van der Waals surface area contributed by atoms with E-state index in [9.17, 15) is 4.39 Å². The minimum Gasteiger partial charge on any atom is -0.489 e. The highest BCUT2D eigenvalue weighted by Crippen LogP contribution is 2.34. The van der Waals surface area contributed by atoms with Crippen molar-refractivity contribution < 1.29 is 9.13 Å². The van der Waals surface area contributed by atoms with Gasteiger partial charge in [0.05, 0.1) is 16.8 Å². The molecule has 1 fully saturated rings. The summed E-state index contributed by atoms with van der Waals surface area (Å²) in [5, 5.41) is 9.99. The number of benzene rings is 2. The molecule has 3 aromatic rings. The van der Waals surface area contributed by atoms with Gasteiger partial charge in [-0.3, -0.25) is 4.98 Å². The molecular weight excluding hydrogens is 341 g/mol. The lowest BCUT2D eigenvalue weighted by molar-refractivity contribution is 0.303. The minimum absolute atomic E-state index is 0.0173. The fraction of sp³-hybridized carbons (Fsp3) is 0.273. The van der Waals surface area contributed by atoms with Gasteiger partial charge in [0.15, 0.2) is 0 Å². The number of anilines is 1. The van der Waals surface area contributed by atoms with Gasteiger partial charge in [0.2, 0.25) is 0 Å². The summed E-state index contributed by atoms with van der Waals surface area (Å²) >= 11 is 0. The maximum Gasteiger partial charge on any atom is 0.144 e. The van der Waals surface area contributed by atoms with Gasteiger partial charge in [-0.05, 0) is 38.0 Å². The molecule has 0 atom stereocenters. The Kier molecular flexibility index (Phi) is 4.64. The van der Waals surface area contributed by atoms with E-state index in [2.05, 4.69) is 11.0 Å². The summed E-state index contributed by atoms with van der Waals surface area (Å²) in [6.45, 7) is 4.34. The van der Waals surface area contributed by atoms with Gasteiger partial charge < -0.3 is 9.64 Å². The molecule has 2 heterocycles. The molecule has 0 spiro atoms. The number of aromatic nitrogens is 1. The molecule has 4 rings (SSSR count). The maximum absolute atomic E-state index is 13.9. The first-order valence-corrected chi connectivity index (χ1v) is 9.13. The molecule has 0 saturated carbocycles. The molecule has 4 nitrogen and oxygen atoms in total. The van der Waals surface area contributed by atoms with E-state index < -0.39 is 5.82 Å². The summed E-state index contributed by atoms with van der Waals surface area (Å²) in [6, 6.07) is 14.3. The Morgan fingerprint density at radius 3 is 2.70 bits per heavy atom. The van der Waals surface area contributed by atoms with Gasteiger partial charge in [-0.15, -0.1) is 0 Å². The molecule has 0 unspecified atom stereocenters. The number of fused-ring (bicyclic) bond motifs is 1. The van der Waals surface area contributed by atoms with Crippen LogP contribution in [0.1, 0.15) is 29.7 Å². The number of ether oxygens (including phenoxy) is 1.